The second kappa shape index (κ2) is 9.57. The average molecular weight is 545 g/mol. The largest absolute Gasteiger partial charge is 0.367 e. The fraction of sp³-hybridized carbons (Fsp3) is 0.586. The van der Waals surface area contributed by atoms with Gasteiger partial charge in [-0.2, -0.15) is 0 Å². The lowest BCUT2D eigenvalue weighted by molar-refractivity contribution is 0.705. The van der Waals surface area contributed by atoms with Crippen LogP contribution >= 0.6 is 17.2 Å². The predicted octanol–water partition coefficient (Wildman–Crippen LogP) is 9.36. The molecule has 2 unspecified atom stereocenters. The van der Waals surface area contributed by atoms with Gasteiger partial charge in [-0.1, -0.05) is 106 Å². The van der Waals surface area contributed by atoms with Crippen molar-refractivity contribution in [3.63, 3.8) is 0 Å². The third-order valence-electron chi connectivity index (χ3n) is 7.52. The van der Waals surface area contributed by atoms with Crippen LogP contribution in [0.15, 0.2) is 59.3 Å². The molecule has 0 aliphatic heterocycles. The maximum atomic E-state index is 3.36. The molecule has 2 N–H and O–H groups in total. The quantitative estimate of drug-likeness (QED) is 0.257. The molecular weight excluding hydrogens is 494 g/mol. The van der Waals surface area contributed by atoms with E-state index in [4.69, 9.17) is 0 Å². The summed E-state index contributed by atoms with van der Waals surface area (Å²) in [5, 5.41) is 2.11. The first kappa shape index (κ1) is 28.9. The van der Waals surface area contributed by atoms with E-state index in [2.05, 4.69) is 143 Å². The minimum absolute atomic E-state index is 0.250. The van der Waals surface area contributed by atoms with Crippen molar-refractivity contribution in [1.82, 2.24) is 9.97 Å². The van der Waals surface area contributed by atoms with Crippen molar-refractivity contribution >= 4 is 33.3 Å². The van der Waals surface area contributed by atoms with E-state index in [0.29, 0.717) is 15.9 Å². The van der Waals surface area contributed by atoms with E-state index < -0.39 is 16.1 Å². The van der Waals surface area contributed by atoms with Gasteiger partial charge in [-0.05, 0) is 50.8 Å². The summed E-state index contributed by atoms with van der Waals surface area (Å²) in [6.07, 6.45) is 12.5. The number of hydrogen-bond acceptors (Lipinski definition) is 0. The molecule has 0 amide bonds. The van der Waals surface area contributed by atoms with Crippen LogP contribution < -0.4 is 0 Å². The van der Waals surface area contributed by atoms with Gasteiger partial charge in [0.05, 0.1) is 21.3 Å². The summed E-state index contributed by atoms with van der Waals surface area (Å²) < 4.78 is 0. The fourth-order valence-electron chi connectivity index (χ4n) is 6.12. The Balaban J connectivity index is 2.40. The number of H-pyrrole nitrogens is 2. The summed E-state index contributed by atoms with van der Waals surface area (Å²) in [5.41, 5.74) is 6.57. The minimum Gasteiger partial charge on any atom is -0.367 e. The van der Waals surface area contributed by atoms with Gasteiger partial charge >= 0.3 is 0 Å². The molecule has 0 spiro atoms. The molecular formula is C29H50N2P2Si2. The molecule has 0 bridgehead atoms. The molecule has 0 fully saturated rings. The summed E-state index contributed by atoms with van der Waals surface area (Å²) in [5.74, 6) is 0. The highest BCUT2D eigenvalue weighted by Crippen LogP contribution is 2.65. The Morgan fingerprint density at radius 1 is 0.829 bits per heavy atom. The van der Waals surface area contributed by atoms with Gasteiger partial charge in [-0.25, -0.2) is 0 Å². The maximum Gasteiger partial charge on any atom is 0.0728 e. The Morgan fingerprint density at radius 3 is 1.60 bits per heavy atom. The average Bonchev–Trinajstić information content (AvgIpc) is 3.43. The van der Waals surface area contributed by atoms with Crippen LogP contribution in [-0.2, 0) is 5.16 Å². The lowest BCUT2D eigenvalue weighted by Crippen LogP contribution is -2.39. The smallest absolute Gasteiger partial charge is 0.0728 e. The number of rotatable bonds is 7. The van der Waals surface area contributed by atoms with Gasteiger partial charge in [0.2, 0.25) is 0 Å². The molecule has 0 radical (unpaired) electrons. The Hall–Kier alpha value is -0.666. The maximum absolute atomic E-state index is 3.36. The molecule has 2 aromatic heterocycles. The SMILES string of the molecule is CC(C)(C)P(CC1=C(C(P)(c2cc[nH]c2)c2cc[nH]c2)C=C([Si](C)(C)C)C1[Si](C)(C)C)C(C)(C)C. The van der Waals surface area contributed by atoms with E-state index in [9.17, 15) is 0 Å². The Bertz CT molecular complexity index is 1020. The molecule has 1 aliphatic rings. The van der Waals surface area contributed by atoms with Crippen molar-refractivity contribution in [2.24, 2.45) is 0 Å². The van der Waals surface area contributed by atoms with Crippen molar-refractivity contribution in [3.05, 3.63) is 70.5 Å². The summed E-state index contributed by atoms with van der Waals surface area (Å²) in [7, 11) is 0.00149. The Morgan fingerprint density at radius 2 is 1.29 bits per heavy atom. The highest BCUT2D eigenvalue weighted by Gasteiger charge is 2.49. The van der Waals surface area contributed by atoms with Gasteiger partial charge in [-0.3, -0.25) is 0 Å². The minimum atomic E-state index is -1.54. The van der Waals surface area contributed by atoms with Crippen LogP contribution in [0.4, 0.5) is 0 Å². The number of nitrogens with one attached hydrogen (secondary N) is 2. The van der Waals surface area contributed by atoms with E-state index in [1.165, 1.54) is 17.3 Å². The van der Waals surface area contributed by atoms with Crippen molar-refractivity contribution < 1.29 is 0 Å². The van der Waals surface area contributed by atoms with Crippen molar-refractivity contribution in [1.29, 1.82) is 0 Å². The predicted molar refractivity (Wildman–Crippen MR) is 169 cm³/mol. The van der Waals surface area contributed by atoms with Gasteiger partial charge in [-0.15, -0.1) is 9.24 Å². The van der Waals surface area contributed by atoms with Gasteiger partial charge in [0.1, 0.15) is 0 Å². The van der Waals surface area contributed by atoms with Crippen molar-refractivity contribution in [2.75, 3.05) is 6.16 Å². The third-order valence-corrected chi connectivity index (χ3v) is 17.2. The summed E-state index contributed by atoms with van der Waals surface area (Å²) >= 11 is 0. The Labute approximate surface area is 221 Å². The third kappa shape index (κ3) is 5.77. The van der Waals surface area contributed by atoms with E-state index in [1.807, 2.05) is 0 Å². The van der Waals surface area contributed by atoms with Crippen molar-refractivity contribution in [2.45, 2.75) is 102 Å². The van der Waals surface area contributed by atoms with E-state index in [1.54, 1.807) is 16.3 Å². The number of hydrogen-bond donors (Lipinski definition) is 2. The number of aromatic amines is 2. The zero-order valence-corrected chi connectivity index (χ0v) is 28.4. The first-order chi connectivity index (χ1) is 15.8. The molecule has 2 atom stereocenters. The first-order valence-electron chi connectivity index (χ1n) is 13.1. The van der Waals surface area contributed by atoms with Gasteiger partial charge < -0.3 is 9.97 Å². The molecule has 2 nitrogen and oxygen atoms in total. The molecule has 6 heteroatoms. The van der Waals surface area contributed by atoms with Gasteiger partial charge in [0.15, 0.2) is 0 Å². The van der Waals surface area contributed by atoms with Crippen molar-refractivity contribution in [3.8, 4) is 0 Å². The fourth-order valence-corrected chi connectivity index (χ4v) is 17.1. The molecule has 1 aliphatic carbocycles. The topological polar surface area (TPSA) is 31.6 Å². The monoisotopic (exact) mass is 544 g/mol. The van der Waals surface area contributed by atoms with Crippen LogP contribution in [0, 0.1) is 0 Å². The highest BCUT2D eigenvalue weighted by molar-refractivity contribution is 7.61. The molecule has 194 valence electrons. The van der Waals surface area contributed by atoms with Crippen LogP contribution in [-0.4, -0.2) is 42.6 Å². The summed E-state index contributed by atoms with van der Waals surface area (Å²) in [4.78, 5) is 6.72. The number of allylic oxidation sites excluding steroid dienone is 4. The molecule has 2 aromatic rings. The standard InChI is InChI=1S/C29H50N2P2Si2/c1-27(2,3)33(28(4,5)6)20-23-24(17-25(34(7,8)9)26(23)35(10,11)12)29(32,21-13-15-30-18-21)22-14-16-31-19-22/h13-19,26,30-31H,20,32H2,1-12H3. The normalized spacial score (nSPS) is 18.6. The molecule has 0 aromatic carbocycles. The van der Waals surface area contributed by atoms with E-state index in [-0.39, 0.29) is 13.1 Å². The lowest BCUT2D eigenvalue weighted by Gasteiger charge is -2.45. The summed E-state index contributed by atoms with van der Waals surface area (Å²) in [6, 6.07) is 4.54. The Kier molecular flexibility index (Phi) is 7.90. The second-order valence-corrected chi connectivity index (χ2v) is 29.6. The van der Waals surface area contributed by atoms with Crippen LogP contribution in [0.25, 0.3) is 0 Å². The zero-order chi connectivity index (χ0) is 26.6. The molecule has 3 rings (SSSR count). The summed E-state index contributed by atoms with van der Waals surface area (Å²) in [6.45, 7) is 30.3. The van der Waals surface area contributed by atoms with Crippen LogP contribution in [0.2, 0.25) is 44.8 Å². The van der Waals surface area contributed by atoms with Crippen LogP contribution in [0.1, 0.15) is 52.7 Å². The molecule has 35 heavy (non-hydrogen) atoms. The number of aromatic nitrogens is 2. The zero-order valence-electron chi connectivity index (χ0n) is 24.4. The molecule has 0 saturated carbocycles. The van der Waals surface area contributed by atoms with Crippen LogP contribution in [0.3, 0.4) is 0 Å². The molecule has 2 heterocycles. The van der Waals surface area contributed by atoms with Crippen LogP contribution in [0.5, 0.6) is 0 Å². The van der Waals surface area contributed by atoms with E-state index >= 15 is 0 Å². The highest BCUT2D eigenvalue weighted by atomic mass is 31.1. The molecule has 0 saturated heterocycles. The second-order valence-electron chi connectivity index (χ2n) is 14.5. The van der Waals surface area contributed by atoms with Gasteiger partial charge in [0.25, 0.3) is 0 Å². The first-order valence-corrected chi connectivity index (χ1v) is 22.3. The van der Waals surface area contributed by atoms with Gasteiger partial charge in [0, 0.05) is 24.8 Å². The van der Waals surface area contributed by atoms with E-state index in [0.717, 1.165) is 0 Å². The lowest BCUT2D eigenvalue weighted by atomic mass is 9.85.